The minimum Gasteiger partial charge on any atom is -0.456 e. The fraction of sp³-hybridized carbons (Fsp3) is 0. The maximum atomic E-state index is 6.63. The summed E-state index contributed by atoms with van der Waals surface area (Å²) in [4.78, 5) is 7.49. The van der Waals surface area contributed by atoms with Crippen LogP contribution in [0.5, 0.6) is 0 Å². The van der Waals surface area contributed by atoms with Crippen molar-refractivity contribution in [1.82, 2.24) is 4.98 Å². The second-order valence-corrected chi connectivity index (χ2v) is 15.1. The topological polar surface area (TPSA) is 42.4 Å². The van der Waals surface area contributed by atoms with Crippen molar-refractivity contribution in [2.75, 3.05) is 4.90 Å². The van der Waals surface area contributed by atoms with Crippen LogP contribution in [0.3, 0.4) is 0 Å². The first-order valence-electron chi connectivity index (χ1n) is 19.9. The molecule has 0 aliphatic heterocycles. The van der Waals surface area contributed by atoms with Crippen LogP contribution in [-0.2, 0) is 0 Å². The molecule has 0 unspecified atom stereocenters. The predicted molar refractivity (Wildman–Crippen MR) is 243 cm³/mol. The van der Waals surface area contributed by atoms with Crippen LogP contribution in [0.1, 0.15) is 11.1 Å². The Kier molecular flexibility index (Phi) is 7.35. The fourth-order valence-corrected chi connectivity index (χ4v) is 9.06. The van der Waals surface area contributed by atoms with Gasteiger partial charge in [-0.05, 0) is 104 Å². The number of anilines is 3. The number of para-hydroxylation sites is 1. The molecule has 4 heteroatoms. The molecule has 0 fully saturated rings. The molecule has 276 valence electrons. The van der Waals surface area contributed by atoms with Gasteiger partial charge in [-0.15, -0.1) is 0 Å². The highest BCUT2D eigenvalue weighted by atomic mass is 16.4. The van der Waals surface area contributed by atoms with Gasteiger partial charge in [-0.3, -0.25) is 0 Å². The summed E-state index contributed by atoms with van der Waals surface area (Å²) in [6, 6.07) is 68.2. The molecular weight excluding hydrogens is 721 g/mol. The van der Waals surface area contributed by atoms with Crippen molar-refractivity contribution in [3.8, 4) is 44.8 Å². The van der Waals surface area contributed by atoms with Crippen LogP contribution in [0.25, 0.3) is 94.2 Å². The van der Waals surface area contributed by atoms with Gasteiger partial charge < -0.3 is 13.7 Å². The molecule has 1 aliphatic carbocycles. The van der Waals surface area contributed by atoms with Gasteiger partial charge in [-0.2, -0.15) is 0 Å². The van der Waals surface area contributed by atoms with Crippen molar-refractivity contribution < 1.29 is 8.83 Å². The summed E-state index contributed by atoms with van der Waals surface area (Å²) in [6.07, 6.45) is 0. The average Bonchev–Trinajstić information content (AvgIpc) is 3.99. The first kappa shape index (κ1) is 33.2. The van der Waals surface area contributed by atoms with E-state index >= 15 is 0 Å². The molecule has 0 saturated heterocycles. The fourth-order valence-electron chi connectivity index (χ4n) is 9.06. The van der Waals surface area contributed by atoms with Crippen LogP contribution < -0.4 is 4.90 Å². The molecular formula is C55H34N2O2. The summed E-state index contributed by atoms with van der Waals surface area (Å²) < 4.78 is 13.1. The molecule has 0 amide bonds. The molecule has 11 aromatic rings. The van der Waals surface area contributed by atoms with E-state index in [2.05, 4.69) is 157 Å². The minimum atomic E-state index is 0.577. The van der Waals surface area contributed by atoms with E-state index in [-0.39, 0.29) is 0 Å². The number of oxazole rings is 1. The van der Waals surface area contributed by atoms with E-state index in [0.29, 0.717) is 5.89 Å². The molecule has 4 nitrogen and oxygen atoms in total. The average molecular weight is 755 g/mol. The molecule has 0 N–H and O–H groups in total. The Balaban J connectivity index is 1.02. The summed E-state index contributed by atoms with van der Waals surface area (Å²) in [7, 11) is 0. The summed E-state index contributed by atoms with van der Waals surface area (Å²) in [5.41, 5.74) is 17.2. The Morgan fingerprint density at radius 2 is 1.05 bits per heavy atom. The molecule has 0 radical (unpaired) electrons. The summed E-state index contributed by atoms with van der Waals surface area (Å²) >= 11 is 0. The Labute approximate surface area is 340 Å². The number of aromatic nitrogens is 1. The van der Waals surface area contributed by atoms with Crippen LogP contribution in [0, 0.1) is 0 Å². The van der Waals surface area contributed by atoms with Gasteiger partial charge in [0, 0.05) is 33.5 Å². The molecule has 12 rings (SSSR count). The summed E-state index contributed by atoms with van der Waals surface area (Å²) in [5.74, 6) is 0.577. The van der Waals surface area contributed by atoms with Crippen molar-refractivity contribution >= 4 is 66.4 Å². The number of hydrogen-bond acceptors (Lipinski definition) is 4. The zero-order valence-electron chi connectivity index (χ0n) is 31.9. The van der Waals surface area contributed by atoms with Gasteiger partial charge in [0.05, 0.1) is 11.1 Å². The third-order valence-corrected chi connectivity index (χ3v) is 11.8. The van der Waals surface area contributed by atoms with Crippen LogP contribution in [0.4, 0.5) is 17.1 Å². The molecule has 0 atom stereocenters. The van der Waals surface area contributed by atoms with Crippen molar-refractivity contribution in [3.63, 3.8) is 0 Å². The van der Waals surface area contributed by atoms with E-state index in [1.165, 1.54) is 38.6 Å². The van der Waals surface area contributed by atoms with Crippen molar-refractivity contribution in [3.05, 3.63) is 212 Å². The van der Waals surface area contributed by atoms with Gasteiger partial charge in [0.15, 0.2) is 5.58 Å². The van der Waals surface area contributed by atoms with Crippen molar-refractivity contribution in [2.45, 2.75) is 0 Å². The number of hydrogen-bond donors (Lipinski definition) is 0. The highest BCUT2D eigenvalue weighted by molar-refractivity contribution is 6.19. The Morgan fingerprint density at radius 1 is 0.441 bits per heavy atom. The lowest BCUT2D eigenvalue weighted by molar-refractivity contribution is 0.622. The molecule has 1 aliphatic rings. The zero-order valence-corrected chi connectivity index (χ0v) is 31.9. The van der Waals surface area contributed by atoms with Gasteiger partial charge in [0.25, 0.3) is 0 Å². The Morgan fingerprint density at radius 3 is 1.85 bits per heavy atom. The monoisotopic (exact) mass is 754 g/mol. The van der Waals surface area contributed by atoms with Crippen LogP contribution in [-0.4, -0.2) is 4.98 Å². The highest BCUT2D eigenvalue weighted by Crippen LogP contribution is 2.51. The lowest BCUT2D eigenvalue weighted by atomic mass is 9.97. The first-order chi connectivity index (χ1) is 29.2. The minimum absolute atomic E-state index is 0.577. The second-order valence-electron chi connectivity index (χ2n) is 15.1. The standard InChI is InChI=1S/C55H34N2O2/c1-34-41-17-7-8-19-44(41)45-22-12-23-48(51(34)45)57(39-29-25-36(26-30-39)43-21-11-16-35-13-5-6-18-42(35)43)40-31-27-37(28-32-40)47-33-50-52(46-20-9-10-24-49(46)58-50)54-53(47)56-55(59-54)38-14-3-2-4-15-38/h2-33H,1H2. The lowest BCUT2D eigenvalue weighted by Gasteiger charge is -2.28. The maximum Gasteiger partial charge on any atom is 0.227 e. The van der Waals surface area contributed by atoms with E-state index in [9.17, 15) is 0 Å². The number of nitrogens with zero attached hydrogens (tertiary/aromatic N) is 2. The molecule has 2 aromatic heterocycles. The van der Waals surface area contributed by atoms with Gasteiger partial charge in [0.2, 0.25) is 5.89 Å². The first-order valence-corrected chi connectivity index (χ1v) is 19.9. The molecule has 2 heterocycles. The molecule has 0 saturated carbocycles. The Bertz CT molecular complexity index is 3440. The van der Waals surface area contributed by atoms with Crippen molar-refractivity contribution in [2.24, 2.45) is 0 Å². The quantitative estimate of drug-likeness (QED) is 0.170. The van der Waals surface area contributed by atoms with E-state index in [1.54, 1.807) is 0 Å². The number of benzene rings is 9. The predicted octanol–water partition coefficient (Wildman–Crippen LogP) is 15.4. The third kappa shape index (κ3) is 5.20. The van der Waals surface area contributed by atoms with E-state index in [0.717, 1.165) is 77.9 Å². The number of rotatable bonds is 6. The van der Waals surface area contributed by atoms with E-state index in [4.69, 9.17) is 13.8 Å². The van der Waals surface area contributed by atoms with E-state index in [1.807, 2.05) is 48.5 Å². The molecule has 9 aromatic carbocycles. The van der Waals surface area contributed by atoms with E-state index < -0.39 is 0 Å². The summed E-state index contributed by atoms with van der Waals surface area (Å²) in [5, 5.41) is 4.41. The Hall–Kier alpha value is -7.95. The number of furan rings is 1. The van der Waals surface area contributed by atoms with Gasteiger partial charge in [-0.1, -0.05) is 146 Å². The van der Waals surface area contributed by atoms with Crippen LogP contribution >= 0.6 is 0 Å². The smallest absolute Gasteiger partial charge is 0.227 e. The highest BCUT2D eigenvalue weighted by Gasteiger charge is 2.28. The van der Waals surface area contributed by atoms with Crippen molar-refractivity contribution in [1.29, 1.82) is 0 Å². The normalized spacial score (nSPS) is 12.1. The molecule has 0 bridgehead atoms. The van der Waals surface area contributed by atoms with Crippen LogP contribution in [0.2, 0.25) is 0 Å². The second kappa shape index (κ2) is 13.1. The summed E-state index contributed by atoms with van der Waals surface area (Å²) in [6.45, 7) is 4.65. The maximum absolute atomic E-state index is 6.63. The van der Waals surface area contributed by atoms with Gasteiger partial charge in [-0.25, -0.2) is 4.98 Å². The van der Waals surface area contributed by atoms with Gasteiger partial charge >= 0.3 is 0 Å². The zero-order chi connectivity index (χ0) is 39.0. The third-order valence-electron chi connectivity index (χ3n) is 11.8. The molecule has 59 heavy (non-hydrogen) atoms. The van der Waals surface area contributed by atoms with Gasteiger partial charge in [0.1, 0.15) is 16.7 Å². The van der Waals surface area contributed by atoms with Crippen LogP contribution in [0.15, 0.2) is 210 Å². The SMILES string of the molecule is C=C1c2ccccc2-c2cccc(N(c3ccc(-c4cccc5ccccc45)cc3)c3ccc(-c4cc5oc6ccccc6c5c5oc(-c6ccccc6)nc45)cc3)c21. The lowest BCUT2D eigenvalue weighted by Crippen LogP contribution is -2.12. The number of fused-ring (bicyclic) bond motifs is 9. The molecule has 0 spiro atoms. The largest absolute Gasteiger partial charge is 0.456 e.